The molecule has 1 aliphatic rings. The molecule has 0 spiro atoms. The van der Waals surface area contributed by atoms with Crippen LogP contribution in [0.1, 0.15) is 51.7 Å². The Morgan fingerprint density at radius 1 is 1.18 bits per heavy atom. The summed E-state index contributed by atoms with van der Waals surface area (Å²) in [7, 11) is 0. The first kappa shape index (κ1) is 21.4. The van der Waals surface area contributed by atoms with Gasteiger partial charge in [-0.1, -0.05) is 0 Å². The van der Waals surface area contributed by atoms with Crippen LogP contribution in [0.4, 0.5) is 5.82 Å². The lowest BCUT2D eigenvalue weighted by atomic mass is 10.0. The lowest BCUT2D eigenvalue weighted by Crippen LogP contribution is -2.35. The fourth-order valence-corrected chi connectivity index (χ4v) is 3.95. The maximum Gasteiger partial charge on any atom is 0.273 e. The molecule has 0 saturated carbocycles. The summed E-state index contributed by atoms with van der Waals surface area (Å²) in [5.74, 6) is 0.607. The van der Waals surface area contributed by atoms with Gasteiger partial charge in [0.25, 0.3) is 5.91 Å². The maximum absolute atomic E-state index is 13.7. The molecule has 10 heteroatoms. The predicted molar refractivity (Wildman–Crippen MR) is 122 cm³/mol. The molecular formula is C24H20N8O2. The van der Waals surface area contributed by atoms with E-state index in [9.17, 15) is 4.79 Å². The fourth-order valence-electron chi connectivity index (χ4n) is 3.95. The van der Waals surface area contributed by atoms with E-state index in [1.807, 2.05) is 13.0 Å². The van der Waals surface area contributed by atoms with E-state index in [1.54, 1.807) is 47.8 Å². The Morgan fingerprint density at radius 3 is 2.71 bits per heavy atom. The number of ether oxygens (including phenoxy) is 1. The molecule has 5 rings (SSSR count). The van der Waals surface area contributed by atoms with E-state index in [4.69, 9.17) is 15.7 Å². The van der Waals surface area contributed by atoms with Crippen molar-refractivity contribution in [1.29, 1.82) is 5.26 Å². The second-order valence-corrected chi connectivity index (χ2v) is 7.90. The predicted octanol–water partition coefficient (Wildman–Crippen LogP) is 2.70. The van der Waals surface area contributed by atoms with Crippen LogP contribution < -0.4 is 5.73 Å². The van der Waals surface area contributed by atoms with Crippen molar-refractivity contribution < 1.29 is 9.53 Å². The summed E-state index contributed by atoms with van der Waals surface area (Å²) < 4.78 is 5.56. The van der Waals surface area contributed by atoms with Crippen molar-refractivity contribution in [3.05, 3.63) is 83.0 Å². The van der Waals surface area contributed by atoms with E-state index in [1.165, 1.54) is 6.20 Å². The molecule has 0 aliphatic carbocycles. The Bertz CT molecular complexity index is 1420. The minimum absolute atomic E-state index is 0.185. The van der Waals surface area contributed by atoms with E-state index in [-0.39, 0.29) is 18.1 Å². The lowest BCUT2D eigenvalue weighted by molar-refractivity contribution is 0.0657. The van der Waals surface area contributed by atoms with Crippen LogP contribution in [0.15, 0.2) is 49.1 Å². The molecule has 2 N–H and O–H groups in total. The van der Waals surface area contributed by atoms with Gasteiger partial charge in [-0.25, -0.2) is 19.9 Å². The van der Waals surface area contributed by atoms with E-state index >= 15 is 0 Å². The van der Waals surface area contributed by atoms with Gasteiger partial charge in [-0.2, -0.15) is 5.26 Å². The van der Waals surface area contributed by atoms with Gasteiger partial charge in [0.15, 0.2) is 0 Å². The molecule has 168 valence electrons. The third kappa shape index (κ3) is 3.89. The van der Waals surface area contributed by atoms with Gasteiger partial charge in [-0.15, -0.1) is 0 Å². The highest BCUT2D eigenvalue weighted by atomic mass is 16.5. The fraction of sp³-hybridized carbons (Fsp3) is 0.208. The molecule has 10 nitrogen and oxygen atoms in total. The van der Waals surface area contributed by atoms with Gasteiger partial charge in [0.05, 0.1) is 48.8 Å². The molecule has 0 aromatic carbocycles. The van der Waals surface area contributed by atoms with Crippen LogP contribution >= 0.6 is 0 Å². The lowest BCUT2D eigenvalue weighted by Gasteiger charge is -2.28. The summed E-state index contributed by atoms with van der Waals surface area (Å²) in [5.41, 5.74) is 9.77. The summed E-state index contributed by atoms with van der Waals surface area (Å²) in [6, 6.07) is 8.44. The van der Waals surface area contributed by atoms with Crippen molar-refractivity contribution in [2.24, 2.45) is 0 Å². The van der Waals surface area contributed by atoms with Crippen molar-refractivity contribution in [1.82, 2.24) is 29.8 Å². The first-order valence-electron chi connectivity index (χ1n) is 10.6. The minimum atomic E-state index is -0.456. The number of nitrogens with two attached hydrogens (primary N) is 1. The highest BCUT2D eigenvalue weighted by Gasteiger charge is 2.27. The molecule has 0 radical (unpaired) electrons. The van der Waals surface area contributed by atoms with Gasteiger partial charge in [0.2, 0.25) is 0 Å². The molecule has 4 aromatic rings. The Balaban J connectivity index is 1.55. The summed E-state index contributed by atoms with van der Waals surface area (Å²) in [6.07, 6.45) is 6.30. The topological polar surface area (TPSA) is 144 Å². The monoisotopic (exact) mass is 452 g/mol. The van der Waals surface area contributed by atoms with Crippen LogP contribution in [0.25, 0.3) is 10.9 Å². The molecule has 1 aliphatic heterocycles. The zero-order valence-electron chi connectivity index (χ0n) is 18.3. The van der Waals surface area contributed by atoms with Gasteiger partial charge >= 0.3 is 0 Å². The highest BCUT2D eigenvalue weighted by molar-refractivity contribution is 5.97. The van der Waals surface area contributed by atoms with Crippen LogP contribution in [-0.4, -0.2) is 35.7 Å². The Hall–Kier alpha value is -4.49. The van der Waals surface area contributed by atoms with Gasteiger partial charge in [0.1, 0.15) is 23.4 Å². The zero-order chi connectivity index (χ0) is 23.7. The zero-order valence-corrected chi connectivity index (χ0v) is 18.3. The van der Waals surface area contributed by atoms with E-state index in [0.717, 1.165) is 16.5 Å². The SMILES string of the molecule is CC(c1ncccn1)N(Cc1ccc(C#N)cn1)C(=O)c1cc2c3c(c(N)nc2cn1)COC3. The number of carbonyl (C=O) groups excluding carboxylic acids is 1. The van der Waals surface area contributed by atoms with Crippen LogP contribution in [0, 0.1) is 11.3 Å². The average Bonchev–Trinajstić information content (AvgIpc) is 3.38. The van der Waals surface area contributed by atoms with E-state index in [2.05, 4.69) is 24.9 Å². The smallest absolute Gasteiger partial charge is 0.273 e. The average molecular weight is 452 g/mol. The number of nitriles is 1. The first-order chi connectivity index (χ1) is 16.5. The van der Waals surface area contributed by atoms with Gasteiger partial charge in [0, 0.05) is 29.5 Å². The summed E-state index contributed by atoms with van der Waals surface area (Å²) in [5, 5.41) is 9.85. The Kier molecular flexibility index (Phi) is 5.53. The number of amides is 1. The third-order valence-corrected chi connectivity index (χ3v) is 5.81. The number of pyridine rings is 3. The number of fused-ring (bicyclic) bond motifs is 3. The molecular weight excluding hydrogens is 432 g/mol. The van der Waals surface area contributed by atoms with Crippen molar-refractivity contribution in [2.45, 2.75) is 32.7 Å². The molecule has 0 fully saturated rings. The van der Waals surface area contributed by atoms with Gasteiger partial charge in [-0.05, 0) is 36.8 Å². The number of aromatic nitrogens is 5. The summed E-state index contributed by atoms with van der Waals surface area (Å²) >= 11 is 0. The molecule has 4 aromatic heterocycles. The first-order valence-corrected chi connectivity index (χ1v) is 10.6. The number of nitrogen functional groups attached to an aromatic ring is 1. The van der Waals surface area contributed by atoms with Crippen LogP contribution in [0.5, 0.6) is 0 Å². The summed E-state index contributed by atoms with van der Waals surface area (Å²) in [4.78, 5) is 37.1. The van der Waals surface area contributed by atoms with Crippen LogP contribution in [0.3, 0.4) is 0 Å². The van der Waals surface area contributed by atoms with E-state index < -0.39 is 6.04 Å². The second-order valence-electron chi connectivity index (χ2n) is 7.90. The number of carbonyl (C=O) groups is 1. The largest absolute Gasteiger partial charge is 0.383 e. The number of hydrogen-bond acceptors (Lipinski definition) is 9. The van der Waals surface area contributed by atoms with Crippen molar-refractivity contribution >= 4 is 22.6 Å². The molecule has 1 unspecified atom stereocenters. The van der Waals surface area contributed by atoms with Gasteiger partial charge in [-0.3, -0.25) is 9.78 Å². The molecule has 34 heavy (non-hydrogen) atoms. The molecule has 0 saturated heterocycles. The quantitative estimate of drug-likeness (QED) is 0.483. The number of hydrogen-bond donors (Lipinski definition) is 1. The Labute approximate surface area is 195 Å². The molecule has 0 bridgehead atoms. The van der Waals surface area contributed by atoms with E-state index in [0.29, 0.717) is 41.6 Å². The van der Waals surface area contributed by atoms with Crippen molar-refractivity contribution in [3.63, 3.8) is 0 Å². The standard InChI is InChI=1S/C24H20N8O2/c1-14(23-27-5-2-6-28-23)32(11-16-4-3-15(8-25)9-29-16)24(33)20-7-17-18-12-34-13-19(18)22(26)31-21(17)10-30-20/h2-7,9-10,14H,11-13H2,1H3,(H2,26,31). The highest BCUT2D eigenvalue weighted by Crippen LogP contribution is 2.31. The molecule has 1 atom stereocenters. The second kappa shape index (κ2) is 8.80. The number of anilines is 1. The third-order valence-electron chi connectivity index (χ3n) is 5.81. The normalized spacial score (nSPS) is 13.3. The maximum atomic E-state index is 13.7. The summed E-state index contributed by atoms with van der Waals surface area (Å²) in [6.45, 7) is 2.84. The minimum Gasteiger partial charge on any atom is -0.383 e. The molecule has 5 heterocycles. The van der Waals surface area contributed by atoms with Crippen LogP contribution in [0.2, 0.25) is 0 Å². The molecule has 1 amide bonds. The number of rotatable bonds is 5. The Morgan fingerprint density at radius 2 is 1.97 bits per heavy atom. The number of nitrogens with zero attached hydrogens (tertiary/aromatic N) is 7. The van der Waals surface area contributed by atoms with Crippen molar-refractivity contribution in [2.75, 3.05) is 5.73 Å². The van der Waals surface area contributed by atoms with Crippen molar-refractivity contribution in [3.8, 4) is 6.07 Å². The van der Waals surface area contributed by atoms with Crippen LogP contribution in [-0.2, 0) is 24.5 Å². The van der Waals surface area contributed by atoms with Gasteiger partial charge < -0.3 is 15.4 Å².